The van der Waals surface area contributed by atoms with E-state index in [0.29, 0.717) is 5.69 Å². The molecule has 0 amide bonds. The number of aliphatic hydroxyl groups excluding tert-OH is 1. The SMILES string of the molecule is Cc1cc(C)c(C#C[C@@H](C)O)c(N)c1. The van der Waals surface area contributed by atoms with Gasteiger partial charge in [0.2, 0.25) is 0 Å². The third-order valence-electron chi connectivity index (χ3n) is 1.92. The predicted molar refractivity (Wildman–Crippen MR) is 58.9 cm³/mol. The minimum Gasteiger partial charge on any atom is -0.398 e. The second-order valence-electron chi connectivity index (χ2n) is 3.49. The smallest absolute Gasteiger partial charge is 0.112 e. The van der Waals surface area contributed by atoms with Crippen molar-refractivity contribution in [2.75, 3.05) is 5.73 Å². The number of aryl methyl sites for hydroxylation is 2. The van der Waals surface area contributed by atoms with Crippen molar-refractivity contribution in [2.24, 2.45) is 0 Å². The van der Waals surface area contributed by atoms with Crippen molar-refractivity contribution in [3.63, 3.8) is 0 Å². The van der Waals surface area contributed by atoms with Gasteiger partial charge in [-0.15, -0.1) is 0 Å². The van der Waals surface area contributed by atoms with Crippen LogP contribution in [0, 0.1) is 25.7 Å². The van der Waals surface area contributed by atoms with Gasteiger partial charge in [-0.2, -0.15) is 0 Å². The van der Waals surface area contributed by atoms with Crippen molar-refractivity contribution in [1.29, 1.82) is 0 Å². The summed E-state index contributed by atoms with van der Waals surface area (Å²) < 4.78 is 0. The quantitative estimate of drug-likeness (QED) is 0.481. The zero-order valence-corrected chi connectivity index (χ0v) is 8.76. The first kappa shape index (κ1) is 10.6. The highest BCUT2D eigenvalue weighted by Crippen LogP contribution is 2.17. The summed E-state index contributed by atoms with van der Waals surface area (Å²) in [5.74, 6) is 5.57. The van der Waals surface area contributed by atoms with Crippen molar-refractivity contribution >= 4 is 5.69 Å². The van der Waals surface area contributed by atoms with Gasteiger partial charge in [-0.05, 0) is 38.0 Å². The van der Waals surface area contributed by atoms with E-state index in [-0.39, 0.29) is 0 Å². The number of nitrogens with two attached hydrogens (primary N) is 1. The predicted octanol–water partition coefficient (Wildman–Crippen LogP) is 1.62. The molecule has 1 rings (SSSR count). The molecule has 14 heavy (non-hydrogen) atoms. The lowest BCUT2D eigenvalue weighted by Crippen LogP contribution is -1.97. The van der Waals surface area contributed by atoms with Crippen LogP contribution >= 0.6 is 0 Å². The molecule has 0 unspecified atom stereocenters. The first-order chi connectivity index (χ1) is 6.50. The summed E-state index contributed by atoms with van der Waals surface area (Å²) in [6, 6.07) is 3.92. The van der Waals surface area contributed by atoms with E-state index in [4.69, 9.17) is 10.8 Å². The highest BCUT2D eigenvalue weighted by Gasteiger charge is 2.01. The maximum absolute atomic E-state index is 9.04. The minimum atomic E-state index is -0.616. The molecular formula is C12H15NO. The van der Waals surface area contributed by atoms with Crippen molar-refractivity contribution in [1.82, 2.24) is 0 Å². The molecule has 1 atom stereocenters. The van der Waals surface area contributed by atoms with Gasteiger partial charge < -0.3 is 10.8 Å². The number of hydrogen-bond donors (Lipinski definition) is 2. The van der Waals surface area contributed by atoms with Gasteiger partial charge in [0.25, 0.3) is 0 Å². The third-order valence-corrected chi connectivity index (χ3v) is 1.92. The number of benzene rings is 1. The van der Waals surface area contributed by atoms with E-state index in [2.05, 4.69) is 11.8 Å². The molecule has 0 aromatic heterocycles. The molecular weight excluding hydrogens is 174 g/mol. The van der Waals surface area contributed by atoms with E-state index < -0.39 is 6.10 Å². The monoisotopic (exact) mass is 189 g/mol. The average molecular weight is 189 g/mol. The highest BCUT2D eigenvalue weighted by atomic mass is 16.3. The van der Waals surface area contributed by atoms with E-state index in [1.165, 1.54) is 0 Å². The van der Waals surface area contributed by atoms with Gasteiger partial charge >= 0.3 is 0 Å². The highest BCUT2D eigenvalue weighted by molar-refractivity contribution is 5.61. The van der Waals surface area contributed by atoms with Gasteiger partial charge in [-0.1, -0.05) is 17.9 Å². The molecule has 74 valence electrons. The molecule has 0 aliphatic carbocycles. The molecule has 0 aliphatic heterocycles. The van der Waals surface area contributed by atoms with Gasteiger partial charge in [-0.3, -0.25) is 0 Å². The Balaban J connectivity index is 3.17. The number of anilines is 1. The van der Waals surface area contributed by atoms with Crippen LogP contribution in [0.5, 0.6) is 0 Å². The number of rotatable bonds is 0. The second-order valence-corrected chi connectivity index (χ2v) is 3.49. The Morgan fingerprint density at radius 1 is 1.36 bits per heavy atom. The first-order valence-corrected chi connectivity index (χ1v) is 4.57. The molecule has 2 nitrogen and oxygen atoms in total. The van der Waals surface area contributed by atoms with Crippen LogP contribution in [0.1, 0.15) is 23.6 Å². The van der Waals surface area contributed by atoms with E-state index in [1.807, 2.05) is 26.0 Å². The summed E-state index contributed by atoms with van der Waals surface area (Å²) in [7, 11) is 0. The normalized spacial score (nSPS) is 11.7. The summed E-state index contributed by atoms with van der Waals surface area (Å²) in [5.41, 5.74) is 9.50. The van der Waals surface area contributed by atoms with Crippen LogP contribution in [0.3, 0.4) is 0 Å². The van der Waals surface area contributed by atoms with E-state index in [0.717, 1.165) is 16.7 Å². The van der Waals surface area contributed by atoms with Crippen LogP contribution in [0.15, 0.2) is 12.1 Å². The molecule has 0 heterocycles. The average Bonchev–Trinajstić information content (AvgIpc) is 2.01. The number of hydrogen-bond acceptors (Lipinski definition) is 2. The minimum absolute atomic E-state index is 0.616. The summed E-state index contributed by atoms with van der Waals surface area (Å²) in [5, 5.41) is 9.04. The molecule has 0 spiro atoms. The topological polar surface area (TPSA) is 46.2 Å². The van der Waals surface area contributed by atoms with Crippen LogP contribution < -0.4 is 5.73 Å². The fourth-order valence-corrected chi connectivity index (χ4v) is 1.35. The molecule has 0 radical (unpaired) electrons. The van der Waals surface area contributed by atoms with Gasteiger partial charge in [0.15, 0.2) is 0 Å². The van der Waals surface area contributed by atoms with E-state index in [9.17, 15) is 0 Å². The molecule has 2 heteroatoms. The molecule has 3 N–H and O–H groups in total. The molecule has 0 aliphatic rings. The van der Waals surface area contributed by atoms with Crippen molar-refractivity contribution in [3.05, 3.63) is 28.8 Å². The Bertz CT molecular complexity index is 374. The van der Waals surface area contributed by atoms with Crippen LogP contribution in [0.4, 0.5) is 5.69 Å². The van der Waals surface area contributed by atoms with Crippen molar-refractivity contribution in [2.45, 2.75) is 26.9 Å². The lowest BCUT2D eigenvalue weighted by Gasteiger charge is -2.04. The molecule has 0 fully saturated rings. The molecule has 1 aromatic carbocycles. The largest absolute Gasteiger partial charge is 0.398 e. The van der Waals surface area contributed by atoms with Crippen LogP contribution in [0.25, 0.3) is 0 Å². The Labute approximate surface area is 84.8 Å². The zero-order valence-electron chi connectivity index (χ0n) is 8.76. The van der Waals surface area contributed by atoms with Crippen LogP contribution in [-0.2, 0) is 0 Å². The number of nitrogen functional groups attached to an aromatic ring is 1. The van der Waals surface area contributed by atoms with Gasteiger partial charge in [0.1, 0.15) is 6.10 Å². The standard InChI is InChI=1S/C12H15NO/c1-8-6-9(2)11(12(13)7-8)5-4-10(3)14/h6-7,10,14H,13H2,1-3H3/t10-/m1/s1. The van der Waals surface area contributed by atoms with Gasteiger partial charge in [0.05, 0.1) is 5.56 Å². The van der Waals surface area contributed by atoms with E-state index >= 15 is 0 Å². The summed E-state index contributed by atoms with van der Waals surface area (Å²) in [6.45, 7) is 5.59. The third kappa shape index (κ3) is 2.51. The lowest BCUT2D eigenvalue weighted by atomic mass is 10.0. The van der Waals surface area contributed by atoms with Gasteiger partial charge in [0, 0.05) is 5.69 Å². The fraction of sp³-hybridized carbons (Fsp3) is 0.333. The fourth-order valence-electron chi connectivity index (χ4n) is 1.35. The Morgan fingerprint density at radius 2 is 2.00 bits per heavy atom. The lowest BCUT2D eigenvalue weighted by molar-refractivity contribution is 0.253. The molecule has 0 saturated heterocycles. The van der Waals surface area contributed by atoms with Crippen LogP contribution in [-0.4, -0.2) is 11.2 Å². The molecule has 0 bridgehead atoms. The second kappa shape index (κ2) is 4.17. The Morgan fingerprint density at radius 3 is 2.50 bits per heavy atom. The first-order valence-electron chi connectivity index (χ1n) is 4.57. The maximum Gasteiger partial charge on any atom is 0.112 e. The van der Waals surface area contributed by atoms with Crippen molar-refractivity contribution < 1.29 is 5.11 Å². The molecule has 1 aromatic rings. The van der Waals surface area contributed by atoms with Crippen molar-refractivity contribution in [3.8, 4) is 11.8 Å². The Hall–Kier alpha value is -1.46. The maximum atomic E-state index is 9.04. The Kier molecular flexibility index (Phi) is 3.16. The zero-order chi connectivity index (χ0) is 10.7. The summed E-state index contributed by atoms with van der Waals surface area (Å²) in [6.07, 6.45) is -0.616. The summed E-state index contributed by atoms with van der Waals surface area (Å²) in [4.78, 5) is 0. The number of aliphatic hydroxyl groups is 1. The van der Waals surface area contributed by atoms with E-state index in [1.54, 1.807) is 6.92 Å². The van der Waals surface area contributed by atoms with Crippen LogP contribution in [0.2, 0.25) is 0 Å². The summed E-state index contributed by atoms with van der Waals surface area (Å²) >= 11 is 0. The molecule has 0 saturated carbocycles. The van der Waals surface area contributed by atoms with Gasteiger partial charge in [-0.25, -0.2) is 0 Å².